The van der Waals surface area contributed by atoms with Gasteiger partial charge in [0.2, 0.25) is 0 Å². The highest BCUT2D eigenvalue weighted by Gasteiger charge is 2.26. The van der Waals surface area contributed by atoms with Crippen molar-refractivity contribution < 1.29 is 9.47 Å². The molecule has 102 valence electrons. The molecule has 0 saturated carbocycles. The molecule has 3 heteroatoms. The van der Waals surface area contributed by atoms with Crippen molar-refractivity contribution in [1.82, 2.24) is 4.98 Å². The monoisotopic (exact) mass is 267 g/mol. The van der Waals surface area contributed by atoms with Crippen LogP contribution in [0, 0.1) is 0 Å². The Morgan fingerprint density at radius 1 is 1.20 bits per heavy atom. The molecule has 0 N–H and O–H groups in total. The first kappa shape index (κ1) is 12.7. The predicted molar refractivity (Wildman–Crippen MR) is 80.1 cm³/mol. The van der Waals surface area contributed by atoms with Crippen LogP contribution in [-0.2, 0) is 0 Å². The van der Waals surface area contributed by atoms with Crippen LogP contribution in [0.5, 0.6) is 11.5 Å². The van der Waals surface area contributed by atoms with Gasteiger partial charge < -0.3 is 9.47 Å². The third-order valence-electron chi connectivity index (χ3n) is 3.55. The van der Waals surface area contributed by atoms with Crippen molar-refractivity contribution >= 4 is 12.2 Å². The van der Waals surface area contributed by atoms with Crippen molar-refractivity contribution in [2.24, 2.45) is 0 Å². The highest BCUT2D eigenvalue weighted by Crippen LogP contribution is 2.43. The van der Waals surface area contributed by atoms with Crippen LogP contribution in [0.4, 0.5) is 0 Å². The first-order valence-corrected chi connectivity index (χ1v) is 6.71. The molecule has 1 atom stereocenters. The number of hydrogen-bond acceptors (Lipinski definition) is 3. The van der Waals surface area contributed by atoms with Crippen LogP contribution < -0.4 is 9.47 Å². The van der Waals surface area contributed by atoms with E-state index in [2.05, 4.69) is 30.1 Å². The van der Waals surface area contributed by atoms with Crippen molar-refractivity contribution in [3.8, 4) is 11.5 Å². The Kier molecular flexibility index (Phi) is 3.42. The molecule has 0 radical (unpaired) electrons. The Balaban J connectivity index is 1.99. The van der Waals surface area contributed by atoms with E-state index < -0.39 is 0 Å². The zero-order valence-electron chi connectivity index (χ0n) is 11.7. The van der Waals surface area contributed by atoms with Crippen LogP contribution in [0.1, 0.15) is 29.5 Å². The second kappa shape index (κ2) is 5.37. The van der Waals surface area contributed by atoms with Gasteiger partial charge in [0.1, 0.15) is 0 Å². The summed E-state index contributed by atoms with van der Waals surface area (Å²) in [6, 6.07) is 8.02. The predicted octanol–water partition coefficient (Wildman–Crippen LogP) is 3.76. The zero-order valence-corrected chi connectivity index (χ0v) is 11.7. The first-order chi connectivity index (χ1) is 9.79. The van der Waals surface area contributed by atoms with E-state index in [1.165, 1.54) is 11.1 Å². The molecule has 0 bridgehead atoms. The van der Waals surface area contributed by atoms with Gasteiger partial charge in [-0.1, -0.05) is 25.1 Å². The fourth-order valence-corrected chi connectivity index (χ4v) is 2.51. The number of benzene rings is 1. The Bertz CT molecular complexity index is 635. The second-order valence-electron chi connectivity index (χ2n) is 4.93. The number of pyridine rings is 1. The first-order valence-electron chi connectivity index (χ1n) is 6.71. The smallest absolute Gasteiger partial charge is 0.165 e. The molecule has 0 spiro atoms. The average molecular weight is 267 g/mol. The number of rotatable bonds is 3. The van der Waals surface area contributed by atoms with Gasteiger partial charge in [-0.25, -0.2) is 0 Å². The van der Waals surface area contributed by atoms with Gasteiger partial charge in [0, 0.05) is 23.9 Å². The van der Waals surface area contributed by atoms with Gasteiger partial charge in [0.05, 0.1) is 13.7 Å². The van der Waals surface area contributed by atoms with Crippen molar-refractivity contribution in [1.29, 1.82) is 0 Å². The number of methoxy groups -OCH3 is 1. The Morgan fingerprint density at radius 2 is 2.00 bits per heavy atom. The van der Waals surface area contributed by atoms with E-state index in [1.54, 1.807) is 19.5 Å². The number of nitrogens with zero attached hydrogens (tertiary/aromatic N) is 1. The maximum absolute atomic E-state index is 5.76. The summed E-state index contributed by atoms with van der Waals surface area (Å²) in [7, 11) is 1.68. The number of fused-ring (bicyclic) bond motifs is 1. The minimum absolute atomic E-state index is 0.386. The maximum atomic E-state index is 5.76. The standard InChI is InChI=1S/C17H17NO2/c1-12-11-20-17-15(19-2)6-5-14(16(12)17)4-3-13-7-9-18-10-8-13/h3-10,12H,11H2,1-2H3. The lowest BCUT2D eigenvalue weighted by atomic mass is 9.96. The molecule has 3 nitrogen and oxygen atoms in total. The number of ether oxygens (including phenoxy) is 2. The van der Waals surface area contributed by atoms with E-state index in [1.807, 2.05) is 18.2 Å². The summed E-state index contributed by atoms with van der Waals surface area (Å²) >= 11 is 0. The van der Waals surface area contributed by atoms with Gasteiger partial charge >= 0.3 is 0 Å². The quantitative estimate of drug-likeness (QED) is 0.848. The molecule has 1 aromatic heterocycles. The van der Waals surface area contributed by atoms with Crippen LogP contribution in [0.3, 0.4) is 0 Å². The number of aromatic nitrogens is 1. The topological polar surface area (TPSA) is 31.4 Å². The van der Waals surface area contributed by atoms with Crippen LogP contribution in [0.2, 0.25) is 0 Å². The van der Waals surface area contributed by atoms with Crippen LogP contribution in [0.25, 0.3) is 12.2 Å². The minimum atomic E-state index is 0.386. The molecule has 0 aliphatic carbocycles. The van der Waals surface area contributed by atoms with Gasteiger partial charge in [0.25, 0.3) is 0 Å². The Morgan fingerprint density at radius 3 is 2.75 bits per heavy atom. The van der Waals surface area contributed by atoms with E-state index in [4.69, 9.17) is 9.47 Å². The van der Waals surface area contributed by atoms with Gasteiger partial charge in [-0.15, -0.1) is 0 Å². The largest absolute Gasteiger partial charge is 0.493 e. The van der Waals surface area contributed by atoms with Gasteiger partial charge in [-0.05, 0) is 29.3 Å². The molecule has 2 aromatic rings. The molecular weight excluding hydrogens is 250 g/mol. The Hall–Kier alpha value is -2.29. The van der Waals surface area contributed by atoms with Crippen molar-refractivity contribution in [3.05, 3.63) is 53.3 Å². The lowest BCUT2D eigenvalue weighted by Crippen LogP contribution is -1.94. The maximum Gasteiger partial charge on any atom is 0.165 e. The van der Waals surface area contributed by atoms with E-state index in [0.717, 1.165) is 17.1 Å². The van der Waals surface area contributed by atoms with Crippen molar-refractivity contribution in [2.45, 2.75) is 12.8 Å². The molecule has 0 saturated heterocycles. The molecule has 2 heterocycles. The summed E-state index contributed by atoms with van der Waals surface area (Å²) in [5.74, 6) is 2.08. The third-order valence-corrected chi connectivity index (χ3v) is 3.55. The summed E-state index contributed by atoms with van der Waals surface area (Å²) in [6.45, 7) is 2.89. The highest BCUT2D eigenvalue weighted by atomic mass is 16.5. The Labute approximate surface area is 118 Å². The summed E-state index contributed by atoms with van der Waals surface area (Å²) in [4.78, 5) is 4.02. The van der Waals surface area contributed by atoms with Crippen LogP contribution in [-0.4, -0.2) is 18.7 Å². The molecule has 1 unspecified atom stereocenters. The summed E-state index contributed by atoms with van der Waals surface area (Å²) in [6.07, 6.45) is 7.81. The van der Waals surface area contributed by atoms with Gasteiger partial charge in [-0.3, -0.25) is 4.98 Å². The molecule has 1 aliphatic heterocycles. The summed E-state index contributed by atoms with van der Waals surface area (Å²) in [5.41, 5.74) is 3.55. The van der Waals surface area contributed by atoms with Crippen LogP contribution >= 0.6 is 0 Å². The lowest BCUT2D eigenvalue weighted by molar-refractivity contribution is 0.314. The van der Waals surface area contributed by atoms with Gasteiger partial charge in [-0.2, -0.15) is 0 Å². The van der Waals surface area contributed by atoms with E-state index in [0.29, 0.717) is 12.5 Å². The molecule has 1 aromatic carbocycles. The van der Waals surface area contributed by atoms with E-state index in [-0.39, 0.29) is 0 Å². The SMILES string of the molecule is COc1ccc(C=Cc2ccncc2)c2c1OCC2C. The molecular formula is C17H17NO2. The van der Waals surface area contributed by atoms with Crippen LogP contribution in [0.15, 0.2) is 36.7 Å². The molecule has 0 fully saturated rings. The normalized spacial score (nSPS) is 17.0. The molecule has 1 aliphatic rings. The average Bonchev–Trinajstić information content (AvgIpc) is 2.89. The zero-order chi connectivity index (χ0) is 13.9. The molecule has 0 amide bonds. The third kappa shape index (κ3) is 2.27. The van der Waals surface area contributed by atoms with E-state index in [9.17, 15) is 0 Å². The van der Waals surface area contributed by atoms with Crippen molar-refractivity contribution in [2.75, 3.05) is 13.7 Å². The lowest BCUT2D eigenvalue weighted by Gasteiger charge is -2.10. The minimum Gasteiger partial charge on any atom is -0.493 e. The summed E-state index contributed by atoms with van der Waals surface area (Å²) in [5, 5.41) is 0. The highest BCUT2D eigenvalue weighted by molar-refractivity contribution is 5.74. The number of hydrogen-bond donors (Lipinski definition) is 0. The fraction of sp³-hybridized carbons (Fsp3) is 0.235. The van der Waals surface area contributed by atoms with Crippen molar-refractivity contribution in [3.63, 3.8) is 0 Å². The molecule has 20 heavy (non-hydrogen) atoms. The molecule has 3 rings (SSSR count). The second-order valence-corrected chi connectivity index (χ2v) is 4.93. The van der Waals surface area contributed by atoms with Gasteiger partial charge in [0.15, 0.2) is 11.5 Å². The fourth-order valence-electron chi connectivity index (χ4n) is 2.51. The van der Waals surface area contributed by atoms with E-state index >= 15 is 0 Å². The summed E-state index contributed by atoms with van der Waals surface area (Å²) < 4.78 is 11.1.